The van der Waals surface area contributed by atoms with Crippen molar-refractivity contribution < 1.29 is 9.90 Å². The Morgan fingerprint density at radius 2 is 1.87 bits per heavy atom. The molecule has 5 heteroatoms. The van der Waals surface area contributed by atoms with Crippen LogP contribution in [0, 0.1) is 57.7 Å². The second-order valence-corrected chi connectivity index (χ2v) is 12.4. The summed E-state index contributed by atoms with van der Waals surface area (Å²) in [6.45, 7) is 7.21. The predicted molar refractivity (Wildman–Crippen MR) is 120 cm³/mol. The lowest BCUT2D eigenvalue weighted by Crippen LogP contribution is -2.51. The molecule has 4 saturated carbocycles. The van der Waals surface area contributed by atoms with E-state index < -0.39 is 11.0 Å². The molecule has 0 aromatic carbocycles. The van der Waals surface area contributed by atoms with Crippen LogP contribution in [0.3, 0.4) is 0 Å². The van der Waals surface area contributed by atoms with Gasteiger partial charge in [-0.25, -0.2) is 0 Å². The second-order valence-electron chi connectivity index (χ2n) is 12.4. The largest absolute Gasteiger partial charge is 0.390 e. The van der Waals surface area contributed by atoms with Crippen LogP contribution < -0.4 is 0 Å². The van der Waals surface area contributed by atoms with E-state index in [1.807, 2.05) is 18.9 Å². The number of nitrogens with zero attached hydrogens (tertiary/aromatic N) is 3. The van der Waals surface area contributed by atoms with Gasteiger partial charge < -0.3 is 5.11 Å². The van der Waals surface area contributed by atoms with Gasteiger partial charge in [0, 0.05) is 12.1 Å². The van der Waals surface area contributed by atoms with E-state index in [1.54, 1.807) is 6.21 Å². The van der Waals surface area contributed by atoms with E-state index in [9.17, 15) is 15.2 Å². The molecule has 0 radical (unpaired) electrons. The fraction of sp³-hybridized carbons (Fsp3) is 0.885. The van der Waals surface area contributed by atoms with E-state index in [0.29, 0.717) is 30.7 Å². The van der Waals surface area contributed by atoms with Crippen molar-refractivity contribution in [1.29, 1.82) is 5.26 Å². The number of hydrogen-bond donors (Lipinski definition) is 1. The summed E-state index contributed by atoms with van der Waals surface area (Å²) in [5.41, 5.74) is -0.890. The lowest BCUT2D eigenvalue weighted by Gasteiger charge is -2.56. The van der Waals surface area contributed by atoms with Crippen molar-refractivity contribution in [1.82, 2.24) is 5.01 Å². The first-order valence-electron chi connectivity index (χ1n) is 12.6. The highest BCUT2D eigenvalue weighted by Crippen LogP contribution is 2.64. The summed E-state index contributed by atoms with van der Waals surface area (Å²) in [7, 11) is 0. The molecule has 1 heterocycles. The van der Waals surface area contributed by atoms with E-state index in [1.165, 1.54) is 38.5 Å². The highest BCUT2D eigenvalue weighted by atomic mass is 16.3. The lowest BCUT2D eigenvalue weighted by atomic mass is 9.49. The molecule has 0 saturated heterocycles. The van der Waals surface area contributed by atoms with E-state index in [4.69, 9.17) is 0 Å². The van der Waals surface area contributed by atoms with Crippen LogP contribution >= 0.6 is 0 Å². The molecule has 5 rings (SSSR count). The highest BCUT2D eigenvalue weighted by molar-refractivity contribution is 5.84. The molecular weight excluding hydrogens is 386 g/mol. The number of rotatable bonds is 3. The summed E-state index contributed by atoms with van der Waals surface area (Å²) in [6, 6.07) is 2.31. The Morgan fingerprint density at radius 1 is 1.10 bits per heavy atom. The molecule has 0 amide bonds. The third-order valence-electron chi connectivity index (χ3n) is 10.2. The summed E-state index contributed by atoms with van der Waals surface area (Å²) >= 11 is 0. The van der Waals surface area contributed by atoms with Crippen LogP contribution in [0.1, 0.15) is 78.6 Å². The van der Waals surface area contributed by atoms with Crippen LogP contribution in [-0.2, 0) is 4.79 Å². The predicted octanol–water partition coefficient (Wildman–Crippen LogP) is 4.41. The van der Waals surface area contributed by atoms with Gasteiger partial charge in [-0.3, -0.25) is 9.80 Å². The Morgan fingerprint density at radius 3 is 2.61 bits per heavy atom. The summed E-state index contributed by atoms with van der Waals surface area (Å²) in [6.07, 6.45) is 12.1. The number of carbonyl (C=O) groups is 1. The maximum absolute atomic E-state index is 13.4. The quantitative estimate of drug-likeness (QED) is 0.727. The molecule has 9 atom stereocenters. The Hall–Kier alpha value is -1.41. The average Bonchev–Trinajstić information content (AvgIpc) is 3.27. The minimum Gasteiger partial charge on any atom is -0.390 e. The molecular formula is C26H39N3O2. The normalized spacial score (nSPS) is 51.0. The van der Waals surface area contributed by atoms with Gasteiger partial charge in [-0.15, -0.1) is 0 Å². The van der Waals surface area contributed by atoms with Gasteiger partial charge in [0.15, 0.2) is 5.78 Å². The maximum atomic E-state index is 13.4. The number of nitriles is 1. The third-order valence-corrected chi connectivity index (χ3v) is 10.2. The van der Waals surface area contributed by atoms with Crippen molar-refractivity contribution >= 4 is 12.0 Å². The highest BCUT2D eigenvalue weighted by Gasteiger charge is 2.58. The Labute approximate surface area is 187 Å². The summed E-state index contributed by atoms with van der Waals surface area (Å²) < 4.78 is 0. The fourth-order valence-corrected chi connectivity index (χ4v) is 8.73. The second kappa shape index (κ2) is 7.30. The Balaban J connectivity index is 1.27. The van der Waals surface area contributed by atoms with Crippen molar-refractivity contribution in [3.8, 4) is 6.07 Å². The number of hydrogen-bond acceptors (Lipinski definition) is 5. The van der Waals surface area contributed by atoms with Gasteiger partial charge >= 0.3 is 0 Å². The van der Waals surface area contributed by atoms with Gasteiger partial charge in [0.2, 0.25) is 0 Å². The molecule has 31 heavy (non-hydrogen) atoms. The topological polar surface area (TPSA) is 76.7 Å². The molecule has 0 aromatic heterocycles. The van der Waals surface area contributed by atoms with Gasteiger partial charge in [0.25, 0.3) is 0 Å². The summed E-state index contributed by atoms with van der Waals surface area (Å²) in [5, 5.41) is 26.1. The van der Waals surface area contributed by atoms with E-state index in [2.05, 4.69) is 18.1 Å². The molecule has 4 aliphatic carbocycles. The molecule has 1 aliphatic heterocycles. The zero-order valence-electron chi connectivity index (χ0n) is 19.5. The zero-order valence-corrected chi connectivity index (χ0v) is 19.5. The number of aliphatic hydroxyl groups is 1. The van der Waals surface area contributed by atoms with E-state index in [-0.39, 0.29) is 11.3 Å². The van der Waals surface area contributed by atoms with Crippen molar-refractivity contribution in [2.45, 2.75) is 84.2 Å². The molecule has 1 unspecified atom stereocenters. The van der Waals surface area contributed by atoms with Crippen molar-refractivity contribution in [2.24, 2.45) is 51.4 Å². The van der Waals surface area contributed by atoms with Crippen LogP contribution in [0.2, 0.25) is 0 Å². The van der Waals surface area contributed by atoms with E-state index >= 15 is 0 Å². The first-order chi connectivity index (χ1) is 14.6. The number of hydrazone groups is 1. The Bertz CT molecular complexity index is 816. The number of fused-ring (bicyclic) bond motifs is 5. The fourth-order valence-electron chi connectivity index (χ4n) is 8.73. The molecule has 0 aromatic rings. The Kier molecular flexibility index (Phi) is 5.05. The SMILES string of the molecule is CC1(C#N)C=NN(CC(=O)[C@H]2CC[C@H]3[C@@H]4CC[C@@H]5C[C@](C)(O)CC[C@@H]5[C@H]4CC[C@]23C)C1. The monoisotopic (exact) mass is 425 g/mol. The summed E-state index contributed by atoms with van der Waals surface area (Å²) in [5.74, 6) is 4.23. The first-order valence-corrected chi connectivity index (χ1v) is 12.6. The number of Topliss-reactive ketones (excluding diaryl/α,β-unsaturated/α-hetero) is 1. The smallest absolute Gasteiger partial charge is 0.157 e. The van der Waals surface area contributed by atoms with Gasteiger partial charge in [-0.2, -0.15) is 10.4 Å². The minimum absolute atomic E-state index is 0.132. The zero-order chi connectivity index (χ0) is 22.0. The van der Waals surface area contributed by atoms with Gasteiger partial charge in [0.05, 0.1) is 24.8 Å². The first kappa shape index (κ1) is 21.4. The van der Waals surface area contributed by atoms with E-state index in [0.717, 1.165) is 37.0 Å². The average molecular weight is 426 g/mol. The van der Waals surface area contributed by atoms with Gasteiger partial charge in [0.1, 0.15) is 5.41 Å². The number of ketones is 1. The van der Waals surface area contributed by atoms with Crippen LogP contribution in [0.4, 0.5) is 0 Å². The minimum atomic E-state index is -0.566. The van der Waals surface area contributed by atoms with Gasteiger partial charge in [-0.05, 0) is 107 Å². The molecule has 5 nitrogen and oxygen atoms in total. The van der Waals surface area contributed by atoms with Gasteiger partial charge in [-0.1, -0.05) is 6.92 Å². The standard InChI is InChI=1S/C26H39N3O2/c1-24(14-27)15-28-29(16-24)13-23(30)22-7-6-21-20-5-4-17-12-25(2,31)10-8-18(17)19(20)9-11-26(21,22)3/h15,17-22,31H,4-13,16H2,1-3H3/t17-,18+,19-,20-,21+,22-,24?,25-,26+/m1/s1. The van der Waals surface area contributed by atoms with Crippen LogP contribution in [0.15, 0.2) is 5.10 Å². The van der Waals surface area contributed by atoms with Crippen LogP contribution in [0.5, 0.6) is 0 Å². The molecule has 5 aliphatic rings. The molecule has 0 spiro atoms. The summed E-state index contributed by atoms with van der Waals surface area (Å²) in [4.78, 5) is 13.4. The lowest BCUT2D eigenvalue weighted by molar-refractivity contribution is -0.133. The maximum Gasteiger partial charge on any atom is 0.157 e. The number of carbonyl (C=O) groups excluding carboxylic acids is 1. The van der Waals surface area contributed by atoms with Crippen molar-refractivity contribution in [3.63, 3.8) is 0 Å². The van der Waals surface area contributed by atoms with Crippen LogP contribution in [-0.4, -0.2) is 40.8 Å². The molecule has 4 fully saturated rings. The van der Waals surface area contributed by atoms with Crippen molar-refractivity contribution in [2.75, 3.05) is 13.1 Å². The molecule has 170 valence electrons. The van der Waals surface area contributed by atoms with Crippen LogP contribution in [0.25, 0.3) is 0 Å². The molecule has 1 N–H and O–H groups in total. The molecule has 0 bridgehead atoms. The van der Waals surface area contributed by atoms with Crippen molar-refractivity contribution in [3.05, 3.63) is 0 Å². The third kappa shape index (κ3) is 3.54.